The molecule has 1 aliphatic rings. The quantitative estimate of drug-likeness (QED) is 0.593. The van der Waals surface area contributed by atoms with Crippen molar-refractivity contribution in [1.82, 2.24) is 10.3 Å². The number of amides is 1. The topological polar surface area (TPSA) is 68.3 Å². The maximum absolute atomic E-state index is 14.2. The van der Waals surface area contributed by atoms with Gasteiger partial charge in [0.15, 0.2) is 11.6 Å². The number of ketones is 1. The van der Waals surface area contributed by atoms with Crippen LogP contribution in [0.15, 0.2) is 34.6 Å². The lowest BCUT2D eigenvalue weighted by molar-refractivity contribution is -0.123. The Kier molecular flexibility index (Phi) is 6.83. The molecule has 0 saturated heterocycles. The summed E-state index contributed by atoms with van der Waals surface area (Å²) in [4.78, 5) is 29.3. The van der Waals surface area contributed by atoms with E-state index in [4.69, 9.17) is 4.74 Å². The number of carbonyl (C=O) groups excluding carboxylic acids is 2. The van der Waals surface area contributed by atoms with E-state index < -0.39 is 11.6 Å². The van der Waals surface area contributed by atoms with E-state index in [1.165, 1.54) is 7.11 Å². The largest absolute Gasteiger partial charge is 0.500 e. The Morgan fingerprint density at radius 1 is 1.28 bits per heavy atom. The Labute approximate surface area is 194 Å². The molecule has 1 heterocycles. The lowest BCUT2D eigenvalue weighted by Crippen LogP contribution is -2.41. The number of allylic oxidation sites excluding steroid dienone is 2. The van der Waals surface area contributed by atoms with Crippen LogP contribution >= 0.6 is 15.9 Å². The molecule has 0 fully saturated rings. The summed E-state index contributed by atoms with van der Waals surface area (Å²) in [5, 5.41) is 2.91. The molecule has 0 saturated carbocycles. The second-order valence-electron chi connectivity index (χ2n) is 8.90. The van der Waals surface area contributed by atoms with Crippen molar-refractivity contribution in [3.8, 4) is 11.3 Å². The molecule has 0 radical (unpaired) electrons. The maximum atomic E-state index is 14.2. The second-order valence-corrected chi connectivity index (χ2v) is 9.76. The number of nitrogens with one attached hydrogen (secondary N) is 1. The number of methoxy groups -OCH3 is 1. The summed E-state index contributed by atoms with van der Waals surface area (Å²) in [6.45, 7) is 7.47. The molecule has 1 amide bonds. The molecule has 1 aromatic carbocycles. The van der Waals surface area contributed by atoms with Crippen LogP contribution in [-0.4, -0.2) is 29.3 Å². The Morgan fingerprint density at radius 3 is 2.53 bits per heavy atom. The van der Waals surface area contributed by atoms with Crippen LogP contribution in [0.2, 0.25) is 0 Å². The Morgan fingerprint density at radius 2 is 1.97 bits per heavy atom. The third-order valence-electron chi connectivity index (χ3n) is 5.11. The molecule has 170 valence electrons. The van der Waals surface area contributed by atoms with Crippen molar-refractivity contribution in [2.75, 3.05) is 7.11 Å². The van der Waals surface area contributed by atoms with Gasteiger partial charge in [-0.25, -0.2) is 8.78 Å². The minimum absolute atomic E-state index is 0.0113. The van der Waals surface area contributed by atoms with E-state index >= 15 is 0 Å². The number of halogens is 3. The highest BCUT2D eigenvalue weighted by Crippen LogP contribution is 2.42. The van der Waals surface area contributed by atoms with Gasteiger partial charge in [0.1, 0.15) is 17.3 Å². The number of nitrogens with zero attached hydrogens (tertiary/aromatic N) is 1. The lowest BCUT2D eigenvalue weighted by atomic mass is 9.95. The van der Waals surface area contributed by atoms with E-state index in [9.17, 15) is 18.4 Å². The third-order valence-corrected chi connectivity index (χ3v) is 5.74. The summed E-state index contributed by atoms with van der Waals surface area (Å²) in [5.41, 5.74) is 1.80. The number of carbonyl (C=O) groups is 2. The molecule has 1 unspecified atom stereocenters. The van der Waals surface area contributed by atoms with Crippen molar-refractivity contribution in [3.63, 3.8) is 0 Å². The molecule has 1 N–H and O–H groups in total. The first kappa shape index (κ1) is 24.0. The van der Waals surface area contributed by atoms with E-state index in [0.29, 0.717) is 32.5 Å². The molecule has 0 bridgehead atoms. The highest BCUT2D eigenvalue weighted by atomic mass is 79.9. The molecule has 0 aliphatic heterocycles. The fourth-order valence-electron chi connectivity index (χ4n) is 3.97. The third kappa shape index (κ3) is 5.06. The zero-order valence-corrected chi connectivity index (χ0v) is 20.2. The highest BCUT2D eigenvalue weighted by molar-refractivity contribution is 9.10. The molecule has 8 heteroatoms. The summed E-state index contributed by atoms with van der Waals surface area (Å²) >= 11 is 3.49. The zero-order valence-electron chi connectivity index (χ0n) is 18.6. The highest BCUT2D eigenvalue weighted by Gasteiger charge is 2.37. The van der Waals surface area contributed by atoms with Crippen LogP contribution in [0.5, 0.6) is 0 Å². The normalized spacial score (nSPS) is 16.5. The van der Waals surface area contributed by atoms with Gasteiger partial charge in [-0.2, -0.15) is 0 Å². The number of Topliss-reactive ketones (excluding diaryl/α,β-unsaturated/α-hetero) is 1. The summed E-state index contributed by atoms with van der Waals surface area (Å²) in [6.07, 6.45) is 1.25. The number of ether oxygens (including phenoxy) is 1. The van der Waals surface area contributed by atoms with Crippen molar-refractivity contribution in [2.45, 2.75) is 46.1 Å². The fourth-order valence-corrected chi connectivity index (χ4v) is 4.73. The Balaban J connectivity index is 2.01. The van der Waals surface area contributed by atoms with Crippen LogP contribution in [0.4, 0.5) is 8.78 Å². The fraction of sp³-hybridized carbons (Fsp3) is 0.375. The van der Waals surface area contributed by atoms with Crippen molar-refractivity contribution >= 4 is 33.2 Å². The number of aryl methyl sites for hydroxylation is 1. The van der Waals surface area contributed by atoms with Gasteiger partial charge >= 0.3 is 0 Å². The van der Waals surface area contributed by atoms with Crippen LogP contribution in [-0.2, 0) is 14.3 Å². The van der Waals surface area contributed by atoms with E-state index in [2.05, 4.69) is 26.2 Å². The number of benzene rings is 1. The summed E-state index contributed by atoms with van der Waals surface area (Å²) in [6, 6.07) is 4.11. The van der Waals surface area contributed by atoms with Gasteiger partial charge in [0.25, 0.3) is 0 Å². The minimum Gasteiger partial charge on any atom is -0.500 e. The maximum Gasteiger partial charge on any atom is 0.221 e. The van der Waals surface area contributed by atoms with Crippen molar-refractivity contribution < 1.29 is 23.1 Å². The number of rotatable bonds is 5. The monoisotopic (exact) mass is 506 g/mol. The number of hydrogen-bond donors (Lipinski definition) is 1. The molecule has 1 atom stereocenters. The predicted octanol–water partition coefficient (Wildman–Crippen LogP) is 5.35. The van der Waals surface area contributed by atoms with Gasteiger partial charge in [-0.3, -0.25) is 14.6 Å². The molecule has 2 aromatic rings. The average molecular weight is 507 g/mol. The Bertz CT molecular complexity index is 1100. The van der Waals surface area contributed by atoms with Gasteiger partial charge in [0.2, 0.25) is 5.91 Å². The smallest absolute Gasteiger partial charge is 0.221 e. The van der Waals surface area contributed by atoms with Gasteiger partial charge in [0.05, 0.1) is 18.9 Å². The zero-order chi connectivity index (χ0) is 23.8. The molecule has 32 heavy (non-hydrogen) atoms. The molecular formula is C24H25BrF2N2O3. The SMILES string of the molecule is COC1=C(c2c(C)cc(-c3ncc(F)cc3F)cc2Br)C(=O)CC1CC(=O)NC(C)(C)C. The average Bonchev–Trinajstić information content (AvgIpc) is 2.94. The second kappa shape index (κ2) is 9.10. The standard InChI is InChI=1S/C24H25BrF2N2O3/c1-12-6-13(22-17(27)10-15(26)11-28-22)7-16(25)20(12)21-18(30)8-14(23(21)32-5)9-19(31)29-24(2,3)4/h6-7,10-11,14H,8-9H2,1-5H3,(H,29,31). The summed E-state index contributed by atoms with van der Waals surface area (Å²) < 4.78 is 33.6. The molecular weight excluding hydrogens is 482 g/mol. The molecule has 1 aromatic heterocycles. The first-order chi connectivity index (χ1) is 14.9. The van der Waals surface area contributed by atoms with Crippen molar-refractivity contribution in [1.29, 1.82) is 0 Å². The van der Waals surface area contributed by atoms with Gasteiger partial charge in [-0.05, 0) is 45.4 Å². The van der Waals surface area contributed by atoms with E-state index in [0.717, 1.165) is 12.3 Å². The van der Waals surface area contributed by atoms with Crippen LogP contribution in [0.25, 0.3) is 16.8 Å². The van der Waals surface area contributed by atoms with Gasteiger partial charge in [-0.15, -0.1) is 0 Å². The van der Waals surface area contributed by atoms with Crippen LogP contribution in [0.1, 0.15) is 44.7 Å². The molecule has 5 nitrogen and oxygen atoms in total. The van der Waals surface area contributed by atoms with Gasteiger partial charge in [-0.1, -0.05) is 15.9 Å². The van der Waals surface area contributed by atoms with Crippen LogP contribution in [0, 0.1) is 24.5 Å². The first-order valence-corrected chi connectivity index (χ1v) is 10.9. The van der Waals surface area contributed by atoms with E-state index in [1.54, 1.807) is 19.1 Å². The predicted molar refractivity (Wildman–Crippen MR) is 122 cm³/mol. The lowest BCUT2D eigenvalue weighted by Gasteiger charge is -2.22. The van der Waals surface area contributed by atoms with Gasteiger partial charge < -0.3 is 10.1 Å². The first-order valence-electron chi connectivity index (χ1n) is 10.2. The summed E-state index contributed by atoms with van der Waals surface area (Å²) in [7, 11) is 1.48. The molecule has 0 spiro atoms. The van der Waals surface area contributed by atoms with Crippen LogP contribution in [0.3, 0.4) is 0 Å². The van der Waals surface area contributed by atoms with Crippen molar-refractivity contribution in [2.24, 2.45) is 5.92 Å². The van der Waals surface area contributed by atoms with E-state index in [-0.39, 0.29) is 41.7 Å². The number of hydrogen-bond acceptors (Lipinski definition) is 4. The molecule has 1 aliphatic carbocycles. The number of pyridine rings is 1. The van der Waals surface area contributed by atoms with Crippen LogP contribution < -0.4 is 5.32 Å². The van der Waals surface area contributed by atoms with E-state index in [1.807, 2.05) is 20.8 Å². The molecule has 3 rings (SSSR count). The summed E-state index contributed by atoms with van der Waals surface area (Å²) in [5.74, 6) is -1.73. The minimum atomic E-state index is -0.775. The Hall–Kier alpha value is -2.61. The number of aromatic nitrogens is 1. The van der Waals surface area contributed by atoms with Crippen molar-refractivity contribution in [3.05, 3.63) is 57.4 Å². The van der Waals surface area contributed by atoms with Gasteiger partial charge in [0, 0.05) is 46.0 Å².